The molecular formula is C17H22N2O2. The molecule has 0 saturated heterocycles. The fraction of sp³-hybridized carbons (Fsp3) is 0.412. The van der Waals surface area contributed by atoms with Gasteiger partial charge in [0.1, 0.15) is 5.69 Å². The maximum atomic E-state index is 12.6. The predicted molar refractivity (Wildman–Crippen MR) is 84.8 cm³/mol. The minimum atomic E-state index is -0.0694. The number of benzene rings is 1. The fourth-order valence-electron chi connectivity index (χ4n) is 2.42. The van der Waals surface area contributed by atoms with Crippen LogP contribution in [-0.4, -0.2) is 36.0 Å². The Morgan fingerprint density at radius 1 is 1.38 bits per heavy atom. The molecule has 0 aliphatic carbocycles. The Labute approximate surface area is 125 Å². The van der Waals surface area contributed by atoms with Crippen molar-refractivity contribution < 1.29 is 9.53 Å². The number of methoxy groups -OCH3 is 1. The highest BCUT2D eigenvalue weighted by molar-refractivity contribution is 5.98. The molecule has 4 nitrogen and oxygen atoms in total. The molecule has 21 heavy (non-hydrogen) atoms. The van der Waals surface area contributed by atoms with Crippen molar-refractivity contribution in [1.29, 1.82) is 0 Å². The van der Waals surface area contributed by atoms with Gasteiger partial charge in [0, 0.05) is 18.5 Å². The first-order valence-electron chi connectivity index (χ1n) is 7.29. The van der Waals surface area contributed by atoms with Crippen LogP contribution in [-0.2, 0) is 0 Å². The van der Waals surface area contributed by atoms with Crippen molar-refractivity contribution in [3.8, 4) is 5.88 Å². The Morgan fingerprint density at radius 2 is 2.10 bits per heavy atom. The van der Waals surface area contributed by atoms with Crippen LogP contribution in [0.15, 0.2) is 30.3 Å². The second kappa shape index (κ2) is 6.57. The lowest BCUT2D eigenvalue weighted by Crippen LogP contribution is -2.35. The van der Waals surface area contributed by atoms with Gasteiger partial charge in [0.05, 0.1) is 7.11 Å². The molecule has 2 aromatic rings. The summed E-state index contributed by atoms with van der Waals surface area (Å²) in [6.45, 7) is 4.17. The molecular weight excluding hydrogens is 264 g/mol. The quantitative estimate of drug-likeness (QED) is 0.844. The van der Waals surface area contributed by atoms with Crippen LogP contribution in [0.5, 0.6) is 5.88 Å². The van der Waals surface area contributed by atoms with E-state index in [2.05, 4.69) is 18.8 Å². The van der Waals surface area contributed by atoms with Gasteiger partial charge in [-0.1, -0.05) is 31.5 Å². The molecule has 1 aromatic heterocycles. The lowest BCUT2D eigenvalue weighted by atomic mass is 10.1. The predicted octanol–water partition coefficient (Wildman–Crippen LogP) is 3.50. The summed E-state index contributed by atoms with van der Waals surface area (Å²) >= 11 is 0. The van der Waals surface area contributed by atoms with E-state index < -0.39 is 0 Å². The van der Waals surface area contributed by atoms with E-state index in [0.717, 1.165) is 23.6 Å². The molecule has 0 radical (unpaired) electrons. The van der Waals surface area contributed by atoms with Crippen molar-refractivity contribution >= 4 is 16.7 Å². The number of hydrogen-bond acceptors (Lipinski definition) is 3. The lowest BCUT2D eigenvalue weighted by molar-refractivity contribution is 0.0730. The van der Waals surface area contributed by atoms with E-state index in [1.807, 2.05) is 37.4 Å². The highest BCUT2D eigenvalue weighted by Crippen LogP contribution is 2.24. The van der Waals surface area contributed by atoms with Crippen LogP contribution in [0.4, 0.5) is 0 Å². The highest BCUT2D eigenvalue weighted by atomic mass is 16.5. The van der Waals surface area contributed by atoms with Gasteiger partial charge < -0.3 is 9.64 Å². The summed E-state index contributed by atoms with van der Waals surface area (Å²) in [6.07, 6.45) is 2.03. The molecule has 0 spiro atoms. The normalized spacial score (nSPS) is 12.2. The molecule has 112 valence electrons. The van der Waals surface area contributed by atoms with Crippen LogP contribution in [0.1, 0.15) is 37.2 Å². The minimum absolute atomic E-state index is 0.0694. The lowest BCUT2D eigenvalue weighted by Gasteiger charge is -2.24. The molecule has 2 rings (SSSR count). The summed E-state index contributed by atoms with van der Waals surface area (Å²) in [6, 6.07) is 9.81. The number of ether oxygens (including phenoxy) is 1. The Hall–Kier alpha value is -2.10. The third-order valence-corrected chi connectivity index (χ3v) is 3.81. The van der Waals surface area contributed by atoms with Gasteiger partial charge in [0.2, 0.25) is 5.88 Å². The number of aromatic nitrogens is 1. The van der Waals surface area contributed by atoms with Gasteiger partial charge in [-0.05, 0) is 30.9 Å². The Bertz CT molecular complexity index is 640. The Balaban J connectivity index is 2.40. The van der Waals surface area contributed by atoms with Crippen molar-refractivity contribution in [1.82, 2.24) is 9.88 Å². The molecule has 0 N–H and O–H groups in total. The molecule has 0 bridgehead atoms. The average molecular weight is 286 g/mol. The molecule has 0 aliphatic rings. The summed E-state index contributed by atoms with van der Waals surface area (Å²) in [7, 11) is 3.40. The number of hydrogen-bond donors (Lipinski definition) is 0. The molecule has 1 heterocycles. The largest absolute Gasteiger partial charge is 0.481 e. The maximum absolute atomic E-state index is 12.6. The second-order valence-corrected chi connectivity index (χ2v) is 5.29. The van der Waals surface area contributed by atoms with Gasteiger partial charge in [-0.15, -0.1) is 0 Å². The number of carbonyl (C=O) groups is 1. The summed E-state index contributed by atoms with van der Waals surface area (Å²) in [5.74, 6) is 0.424. The molecule has 1 aromatic carbocycles. The van der Waals surface area contributed by atoms with Crippen LogP contribution in [0, 0.1) is 0 Å². The zero-order valence-corrected chi connectivity index (χ0v) is 13.1. The first-order chi connectivity index (χ1) is 10.1. The van der Waals surface area contributed by atoms with Crippen molar-refractivity contribution in [2.75, 3.05) is 14.2 Å². The first-order valence-corrected chi connectivity index (χ1v) is 7.29. The summed E-state index contributed by atoms with van der Waals surface area (Å²) in [5, 5.41) is 1.88. The molecule has 1 atom stereocenters. The SMILES string of the molecule is CCC[C@H](C)N(C)C(=O)c1cc2ccccc2c(OC)n1. The van der Waals surface area contributed by atoms with E-state index in [0.29, 0.717) is 11.6 Å². The Kier molecular flexibility index (Phi) is 4.78. The van der Waals surface area contributed by atoms with E-state index in [4.69, 9.17) is 4.74 Å². The van der Waals surface area contributed by atoms with E-state index in [9.17, 15) is 4.79 Å². The molecule has 0 saturated carbocycles. The van der Waals surface area contributed by atoms with Crippen molar-refractivity contribution in [2.45, 2.75) is 32.7 Å². The number of pyridine rings is 1. The zero-order valence-electron chi connectivity index (χ0n) is 13.1. The van der Waals surface area contributed by atoms with Gasteiger partial charge in [-0.3, -0.25) is 4.79 Å². The Morgan fingerprint density at radius 3 is 2.76 bits per heavy atom. The fourth-order valence-corrected chi connectivity index (χ4v) is 2.42. The number of fused-ring (bicyclic) bond motifs is 1. The summed E-state index contributed by atoms with van der Waals surface area (Å²) in [5.41, 5.74) is 0.427. The monoisotopic (exact) mass is 286 g/mol. The molecule has 4 heteroatoms. The third kappa shape index (κ3) is 3.15. The van der Waals surface area contributed by atoms with Crippen LogP contribution in [0.25, 0.3) is 10.8 Å². The van der Waals surface area contributed by atoms with Gasteiger partial charge in [-0.2, -0.15) is 0 Å². The zero-order chi connectivity index (χ0) is 15.4. The van der Waals surface area contributed by atoms with E-state index in [1.165, 1.54) is 0 Å². The van der Waals surface area contributed by atoms with Crippen LogP contribution < -0.4 is 4.74 Å². The number of nitrogens with zero attached hydrogens (tertiary/aromatic N) is 2. The van der Waals surface area contributed by atoms with Crippen molar-refractivity contribution in [3.05, 3.63) is 36.0 Å². The molecule has 1 amide bonds. The van der Waals surface area contributed by atoms with Gasteiger partial charge >= 0.3 is 0 Å². The first kappa shape index (κ1) is 15.3. The van der Waals surface area contributed by atoms with Crippen LogP contribution in [0.2, 0.25) is 0 Å². The number of amides is 1. The maximum Gasteiger partial charge on any atom is 0.272 e. The summed E-state index contributed by atoms with van der Waals surface area (Å²) < 4.78 is 5.32. The standard InChI is InChI=1S/C17H22N2O2/c1-5-8-12(2)19(3)17(20)15-11-13-9-6-7-10-14(13)16(18-15)21-4/h6-7,9-12H,5,8H2,1-4H3/t12-/m0/s1. The number of carbonyl (C=O) groups excluding carboxylic acids is 1. The van der Waals surface area contributed by atoms with Gasteiger partial charge in [0.25, 0.3) is 5.91 Å². The van der Waals surface area contributed by atoms with Gasteiger partial charge in [-0.25, -0.2) is 4.98 Å². The van der Waals surface area contributed by atoms with E-state index >= 15 is 0 Å². The van der Waals surface area contributed by atoms with Crippen molar-refractivity contribution in [3.63, 3.8) is 0 Å². The second-order valence-electron chi connectivity index (χ2n) is 5.29. The average Bonchev–Trinajstić information content (AvgIpc) is 2.52. The number of rotatable bonds is 5. The molecule has 0 aliphatic heterocycles. The topological polar surface area (TPSA) is 42.4 Å². The van der Waals surface area contributed by atoms with Crippen LogP contribution in [0.3, 0.4) is 0 Å². The highest BCUT2D eigenvalue weighted by Gasteiger charge is 2.19. The molecule has 0 fully saturated rings. The van der Waals surface area contributed by atoms with E-state index in [-0.39, 0.29) is 11.9 Å². The smallest absolute Gasteiger partial charge is 0.272 e. The van der Waals surface area contributed by atoms with E-state index in [1.54, 1.807) is 12.0 Å². The van der Waals surface area contributed by atoms with Crippen molar-refractivity contribution in [2.24, 2.45) is 0 Å². The summed E-state index contributed by atoms with van der Waals surface area (Å²) in [4.78, 5) is 18.7. The minimum Gasteiger partial charge on any atom is -0.481 e. The van der Waals surface area contributed by atoms with Crippen LogP contribution >= 0.6 is 0 Å². The third-order valence-electron chi connectivity index (χ3n) is 3.81. The molecule has 0 unspecified atom stereocenters. The van der Waals surface area contributed by atoms with Gasteiger partial charge in [0.15, 0.2) is 0 Å².